The number of rotatable bonds is 3. The van der Waals surface area contributed by atoms with Crippen LogP contribution in [-0.4, -0.2) is 11.5 Å². The van der Waals surface area contributed by atoms with Gasteiger partial charge < -0.3 is 4.74 Å². The van der Waals surface area contributed by atoms with E-state index in [2.05, 4.69) is 4.74 Å². The third kappa shape index (κ3) is 5.89. The number of halogens is 1. The Kier molecular flexibility index (Phi) is 4.45. The van der Waals surface area contributed by atoms with Crippen molar-refractivity contribution in [3.05, 3.63) is 0 Å². The third-order valence-electron chi connectivity index (χ3n) is 0.869. The lowest BCUT2D eigenvalue weighted by molar-refractivity contribution is -0.145. The van der Waals surface area contributed by atoms with E-state index in [0.29, 0.717) is 12.3 Å². The summed E-state index contributed by atoms with van der Waals surface area (Å²) in [7, 11) is 0. The standard InChI is InChI=1S/C7H13ClO2/c1-5(2)4-7(9)10-6(3)8/h5-6H,4H2,1-3H3. The monoisotopic (exact) mass is 164 g/mol. The summed E-state index contributed by atoms with van der Waals surface area (Å²) in [6, 6.07) is 0. The number of hydrogen-bond donors (Lipinski definition) is 0. The summed E-state index contributed by atoms with van der Waals surface area (Å²) in [4.78, 5) is 10.8. The van der Waals surface area contributed by atoms with Crippen LogP contribution >= 0.6 is 11.6 Å². The van der Waals surface area contributed by atoms with Crippen molar-refractivity contribution >= 4 is 17.6 Å². The molecule has 0 fully saturated rings. The first-order valence-electron chi connectivity index (χ1n) is 3.36. The predicted octanol–water partition coefficient (Wildman–Crippen LogP) is 2.16. The Morgan fingerprint density at radius 2 is 2.00 bits per heavy atom. The normalized spacial score (nSPS) is 13.3. The van der Waals surface area contributed by atoms with Crippen LogP contribution in [-0.2, 0) is 9.53 Å². The molecular formula is C7H13ClO2. The van der Waals surface area contributed by atoms with E-state index in [1.165, 1.54) is 0 Å². The van der Waals surface area contributed by atoms with E-state index in [9.17, 15) is 4.79 Å². The van der Waals surface area contributed by atoms with Gasteiger partial charge in [0.25, 0.3) is 0 Å². The van der Waals surface area contributed by atoms with Gasteiger partial charge in [0.2, 0.25) is 0 Å². The fourth-order valence-electron chi connectivity index (χ4n) is 0.563. The van der Waals surface area contributed by atoms with Crippen molar-refractivity contribution in [2.45, 2.75) is 32.8 Å². The second-order valence-electron chi connectivity index (χ2n) is 2.63. The number of carbonyl (C=O) groups excluding carboxylic acids is 1. The van der Waals surface area contributed by atoms with Crippen molar-refractivity contribution in [3.8, 4) is 0 Å². The van der Waals surface area contributed by atoms with Crippen molar-refractivity contribution in [3.63, 3.8) is 0 Å². The molecule has 0 aromatic carbocycles. The van der Waals surface area contributed by atoms with Gasteiger partial charge in [0.15, 0.2) is 5.56 Å². The predicted molar refractivity (Wildman–Crippen MR) is 40.9 cm³/mol. The Labute approximate surface area is 66.5 Å². The molecule has 0 N–H and O–H groups in total. The van der Waals surface area contributed by atoms with Gasteiger partial charge in [-0.2, -0.15) is 0 Å². The molecule has 2 nitrogen and oxygen atoms in total. The van der Waals surface area contributed by atoms with Gasteiger partial charge in [0.1, 0.15) is 0 Å². The number of hydrogen-bond acceptors (Lipinski definition) is 2. The maximum atomic E-state index is 10.8. The van der Waals surface area contributed by atoms with E-state index in [-0.39, 0.29) is 5.97 Å². The SMILES string of the molecule is CC(C)CC(=O)OC(C)Cl. The van der Waals surface area contributed by atoms with E-state index >= 15 is 0 Å². The van der Waals surface area contributed by atoms with Crippen LogP contribution in [0.4, 0.5) is 0 Å². The highest BCUT2D eigenvalue weighted by Gasteiger charge is 2.07. The van der Waals surface area contributed by atoms with Gasteiger partial charge in [-0.1, -0.05) is 25.4 Å². The van der Waals surface area contributed by atoms with Gasteiger partial charge in [-0.05, 0) is 12.8 Å². The zero-order valence-electron chi connectivity index (χ0n) is 6.56. The minimum Gasteiger partial charge on any atom is -0.446 e. The van der Waals surface area contributed by atoms with Crippen molar-refractivity contribution < 1.29 is 9.53 Å². The number of carbonyl (C=O) groups is 1. The van der Waals surface area contributed by atoms with Gasteiger partial charge >= 0.3 is 5.97 Å². The molecule has 0 rings (SSSR count). The van der Waals surface area contributed by atoms with E-state index in [1.807, 2.05) is 13.8 Å². The molecule has 0 spiro atoms. The zero-order valence-corrected chi connectivity index (χ0v) is 7.31. The van der Waals surface area contributed by atoms with Crippen LogP contribution in [0.2, 0.25) is 0 Å². The lowest BCUT2D eigenvalue weighted by atomic mass is 10.1. The second kappa shape index (κ2) is 4.56. The summed E-state index contributed by atoms with van der Waals surface area (Å²) >= 11 is 5.41. The average Bonchev–Trinajstić information content (AvgIpc) is 1.58. The molecule has 0 aromatic heterocycles. The maximum Gasteiger partial charge on any atom is 0.307 e. The molecule has 10 heavy (non-hydrogen) atoms. The summed E-state index contributed by atoms with van der Waals surface area (Å²) in [5.41, 5.74) is -0.508. The number of ether oxygens (including phenoxy) is 1. The molecule has 0 radical (unpaired) electrons. The lowest BCUT2D eigenvalue weighted by Crippen LogP contribution is -2.11. The van der Waals surface area contributed by atoms with E-state index in [0.717, 1.165) is 0 Å². The van der Waals surface area contributed by atoms with Crippen LogP contribution in [0.1, 0.15) is 27.2 Å². The topological polar surface area (TPSA) is 26.3 Å². The molecule has 0 bridgehead atoms. The largest absolute Gasteiger partial charge is 0.446 e. The fourth-order valence-corrected chi connectivity index (χ4v) is 0.662. The van der Waals surface area contributed by atoms with E-state index in [1.54, 1.807) is 6.92 Å². The molecule has 0 aliphatic carbocycles. The Hall–Kier alpha value is -0.240. The summed E-state index contributed by atoms with van der Waals surface area (Å²) in [6.07, 6.45) is 0.442. The van der Waals surface area contributed by atoms with Crippen LogP contribution < -0.4 is 0 Å². The smallest absolute Gasteiger partial charge is 0.307 e. The first-order valence-corrected chi connectivity index (χ1v) is 3.79. The van der Waals surface area contributed by atoms with Gasteiger partial charge in [-0.15, -0.1) is 0 Å². The summed E-state index contributed by atoms with van der Waals surface area (Å²) in [5.74, 6) is 0.111. The molecule has 0 aliphatic heterocycles. The van der Waals surface area contributed by atoms with E-state index in [4.69, 9.17) is 11.6 Å². The highest BCUT2D eigenvalue weighted by Crippen LogP contribution is 2.04. The Bertz CT molecular complexity index is 98.2. The molecule has 0 aliphatic rings. The summed E-state index contributed by atoms with van der Waals surface area (Å²) in [6.45, 7) is 5.54. The molecule has 0 heterocycles. The van der Waals surface area contributed by atoms with Crippen molar-refractivity contribution in [1.29, 1.82) is 0 Å². The molecule has 3 heteroatoms. The third-order valence-corrected chi connectivity index (χ3v) is 0.958. The highest BCUT2D eigenvalue weighted by molar-refractivity contribution is 6.19. The van der Waals surface area contributed by atoms with Gasteiger partial charge in [0, 0.05) is 6.42 Å². The van der Waals surface area contributed by atoms with E-state index < -0.39 is 5.56 Å². The Morgan fingerprint density at radius 3 is 2.30 bits per heavy atom. The molecular weight excluding hydrogens is 152 g/mol. The van der Waals surface area contributed by atoms with Crippen LogP contribution in [0.3, 0.4) is 0 Å². The van der Waals surface area contributed by atoms with Gasteiger partial charge in [-0.3, -0.25) is 4.79 Å². The average molecular weight is 165 g/mol. The fraction of sp³-hybridized carbons (Fsp3) is 0.857. The number of esters is 1. The zero-order chi connectivity index (χ0) is 8.15. The first-order chi connectivity index (χ1) is 4.52. The molecule has 0 saturated heterocycles. The lowest BCUT2D eigenvalue weighted by Gasteiger charge is -2.06. The molecule has 0 saturated carbocycles. The maximum absolute atomic E-state index is 10.8. The Morgan fingerprint density at radius 1 is 1.50 bits per heavy atom. The summed E-state index contributed by atoms with van der Waals surface area (Å²) < 4.78 is 4.69. The van der Waals surface area contributed by atoms with Gasteiger partial charge in [0.05, 0.1) is 0 Å². The van der Waals surface area contributed by atoms with Crippen molar-refractivity contribution in [1.82, 2.24) is 0 Å². The molecule has 60 valence electrons. The molecule has 1 atom stereocenters. The molecule has 0 aromatic rings. The van der Waals surface area contributed by atoms with Gasteiger partial charge in [-0.25, -0.2) is 0 Å². The van der Waals surface area contributed by atoms with Crippen LogP contribution in [0.15, 0.2) is 0 Å². The summed E-state index contributed by atoms with van der Waals surface area (Å²) in [5, 5.41) is 0. The van der Waals surface area contributed by atoms with Crippen LogP contribution in [0, 0.1) is 5.92 Å². The molecule has 1 unspecified atom stereocenters. The Balaban J connectivity index is 3.44. The number of alkyl halides is 1. The second-order valence-corrected chi connectivity index (χ2v) is 3.25. The van der Waals surface area contributed by atoms with Crippen molar-refractivity contribution in [2.75, 3.05) is 0 Å². The molecule has 0 amide bonds. The first kappa shape index (κ1) is 9.76. The highest BCUT2D eigenvalue weighted by atomic mass is 35.5. The minimum absolute atomic E-state index is 0.225. The quantitative estimate of drug-likeness (QED) is 0.472. The van der Waals surface area contributed by atoms with Crippen LogP contribution in [0.5, 0.6) is 0 Å². The van der Waals surface area contributed by atoms with Crippen LogP contribution in [0.25, 0.3) is 0 Å². The van der Waals surface area contributed by atoms with Crippen molar-refractivity contribution in [2.24, 2.45) is 5.92 Å². The minimum atomic E-state index is -0.508.